The van der Waals surface area contributed by atoms with Crippen molar-refractivity contribution in [2.75, 3.05) is 32.1 Å². The van der Waals surface area contributed by atoms with Gasteiger partial charge in [-0.1, -0.05) is 0 Å². The second kappa shape index (κ2) is 8.70. The van der Waals surface area contributed by atoms with E-state index < -0.39 is 6.09 Å². The van der Waals surface area contributed by atoms with Crippen LogP contribution in [0.5, 0.6) is 5.88 Å². The van der Waals surface area contributed by atoms with Gasteiger partial charge in [-0.15, -0.1) is 0 Å². The van der Waals surface area contributed by atoms with Crippen LogP contribution in [0.15, 0.2) is 16.9 Å². The smallest absolute Gasteiger partial charge is 0.407 e. The molecule has 2 atom stereocenters. The van der Waals surface area contributed by atoms with E-state index in [-0.39, 0.29) is 30.8 Å². The molecule has 2 N–H and O–H groups in total. The lowest BCUT2D eigenvalue weighted by Gasteiger charge is -2.22. The summed E-state index contributed by atoms with van der Waals surface area (Å²) < 4.78 is 12.3. The van der Waals surface area contributed by atoms with Gasteiger partial charge in [-0.2, -0.15) is 0 Å². The van der Waals surface area contributed by atoms with Crippen molar-refractivity contribution in [2.45, 2.75) is 32.9 Å². The van der Waals surface area contributed by atoms with Gasteiger partial charge in [0.2, 0.25) is 5.88 Å². The molecule has 0 saturated carbocycles. The maximum absolute atomic E-state index is 13.1. The first-order valence-electron chi connectivity index (χ1n) is 9.72. The largest absolute Gasteiger partial charge is 0.481 e. The Bertz CT molecular complexity index is 1010. The molecule has 1 aliphatic heterocycles. The van der Waals surface area contributed by atoms with Crippen LogP contribution in [0.25, 0.3) is 11.4 Å². The molecule has 2 aromatic heterocycles. The van der Waals surface area contributed by atoms with Gasteiger partial charge in [-0.05, 0) is 26.8 Å². The zero-order chi connectivity index (χ0) is 22.0. The van der Waals surface area contributed by atoms with E-state index in [1.54, 1.807) is 27.1 Å². The first kappa shape index (κ1) is 21.6. The normalized spacial score (nSPS) is 18.5. The van der Waals surface area contributed by atoms with Crippen molar-refractivity contribution in [3.8, 4) is 17.3 Å². The third-order valence-electron chi connectivity index (χ3n) is 5.23. The van der Waals surface area contributed by atoms with E-state index in [4.69, 9.17) is 9.47 Å². The van der Waals surface area contributed by atoms with Crippen LogP contribution in [-0.2, 0) is 11.8 Å². The van der Waals surface area contributed by atoms with E-state index in [0.717, 1.165) is 5.56 Å². The zero-order valence-electron chi connectivity index (χ0n) is 17.8. The molecule has 1 amide bonds. The highest BCUT2D eigenvalue weighted by Gasteiger charge is 2.36. The Hall–Kier alpha value is -3.14. The quantitative estimate of drug-likeness (QED) is 0.728. The van der Waals surface area contributed by atoms with Crippen molar-refractivity contribution < 1.29 is 19.4 Å². The number of carboxylic acid groups (broad SMARTS) is 1. The Balaban J connectivity index is 1.95. The van der Waals surface area contributed by atoms with Crippen LogP contribution in [0.4, 0.5) is 10.5 Å². The van der Waals surface area contributed by atoms with Crippen molar-refractivity contribution in [1.29, 1.82) is 0 Å². The molecule has 0 bridgehead atoms. The molecule has 0 spiro atoms. The van der Waals surface area contributed by atoms with Gasteiger partial charge >= 0.3 is 6.09 Å². The Kier molecular flexibility index (Phi) is 6.25. The highest BCUT2D eigenvalue weighted by atomic mass is 16.5. The van der Waals surface area contributed by atoms with Crippen molar-refractivity contribution in [3.63, 3.8) is 0 Å². The third kappa shape index (κ3) is 4.09. The number of hydrogen-bond donors (Lipinski definition) is 2. The summed E-state index contributed by atoms with van der Waals surface area (Å²) in [5.74, 6) is 0.984. The SMILES string of the molecule is CCO[C@H]1CN(C(=O)O)C[C@H]1Nc1c(C)nc(-c2ccc(OC)nc2C)n(C)c1=O. The molecule has 0 aromatic carbocycles. The molecule has 0 aliphatic carbocycles. The van der Waals surface area contributed by atoms with Crippen molar-refractivity contribution in [2.24, 2.45) is 7.05 Å². The van der Waals surface area contributed by atoms with Gasteiger partial charge in [0.1, 0.15) is 11.5 Å². The number of nitrogens with one attached hydrogen (secondary N) is 1. The lowest BCUT2D eigenvalue weighted by molar-refractivity contribution is 0.0629. The van der Waals surface area contributed by atoms with Gasteiger partial charge < -0.3 is 24.8 Å². The molecule has 162 valence electrons. The number of methoxy groups -OCH3 is 1. The van der Waals surface area contributed by atoms with Crippen LogP contribution < -0.4 is 15.6 Å². The Morgan fingerprint density at radius 2 is 2.00 bits per heavy atom. The standard InChI is InChI=1S/C20H27N5O5/c1-6-30-15-10-25(20(27)28)9-14(15)23-17-12(3)22-18(24(4)19(17)26)13-7-8-16(29-5)21-11(13)2/h7-8,14-15,23H,6,9-10H2,1-5H3,(H,27,28)/t14-,15+/m1/s1. The molecule has 30 heavy (non-hydrogen) atoms. The number of aryl methyl sites for hydroxylation is 2. The minimum absolute atomic E-state index is 0.228. The first-order chi connectivity index (χ1) is 14.3. The minimum atomic E-state index is -1.01. The summed E-state index contributed by atoms with van der Waals surface area (Å²) >= 11 is 0. The molecule has 10 nitrogen and oxygen atoms in total. The molecule has 2 aromatic rings. The zero-order valence-corrected chi connectivity index (χ0v) is 17.8. The van der Waals surface area contributed by atoms with Crippen LogP contribution in [0.2, 0.25) is 0 Å². The number of anilines is 1. The summed E-state index contributed by atoms with van der Waals surface area (Å²) in [4.78, 5) is 34.8. The molecular weight excluding hydrogens is 390 g/mol. The number of rotatable bonds is 6. The predicted octanol–water partition coefficient (Wildman–Crippen LogP) is 1.65. The van der Waals surface area contributed by atoms with Crippen molar-refractivity contribution in [3.05, 3.63) is 33.9 Å². The molecule has 0 unspecified atom stereocenters. The highest BCUT2D eigenvalue weighted by molar-refractivity contribution is 5.66. The van der Waals surface area contributed by atoms with Crippen LogP contribution in [0.1, 0.15) is 18.3 Å². The van der Waals surface area contributed by atoms with E-state index >= 15 is 0 Å². The lowest BCUT2D eigenvalue weighted by Crippen LogP contribution is -2.38. The minimum Gasteiger partial charge on any atom is -0.481 e. The molecule has 3 rings (SSSR count). The third-order valence-corrected chi connectivity index (χ3v) is 5.23. The number of ether oxygens (including phenoxy) is 2. The van der Waals surface area contributed by atoms with E-state index in [0.29, 0.717) is 35.4 Å². The summed E-state index contributed by atoms with van der Waals surface area (Å²) in [5, 5.41) is 12.5. The Morgan fingerprint density at radius 3 is 2.60 bits per heavy atom. The van der Waals surface area contributed by atoms with E-state index in [2.05, 4.69) is 15.3 Å². The fraction of sp³-hybridized carbons (Fsp3) is 0.500. The van der Waals surface area contributed by atoms with E-state index in [1.165, 1.54) is 9.47 Å². The van der Waals surface area contributed by atoms with Crippen LogP contribution in [0.3, 0.4) is 0 Å². The second-order valence-electron chi connectivity index (χ2n) is 7.18. The number of carbonyl (C=O) groups is 1. The van der Waals surface area contributed by atoms with Crippen LogP contribution in [0, 0.1) is 13.8 Å². The topological polar surface area (TPSA) is 119 Å². The molecule has 3 heterocycles. The average Bonchev–Trinajstić information content (AvgIpc) is 3.11. The monoisotopic (exact) mass is 417 g/mol. The molecule has 1 saturated heterocycles. The first-order valence-corrected chi connectivity index (χ1v) is 9.72. The Morgan fingerprint density at radius 1 is 1.27 bits per heavy atom. The van der Waals surface area contributed by atoms with Gasteiger partial charge in [0, 0.05) is 31.8 Å². The number of nitrogens with zero attached hydrogens (tertiary/aromatic N) is 4. The summed E-state index contributed by atoms with van der Waals surface area (Å²) in [7, 11) is 3.20. The highest BCUT2D eigenvalue weighted by Crippen LogP contribution is 2.24. The molecule has 1 aliphatic rings. The summed E-state index contributed by atoms with van der Waals surface area (Å²) in [6.45, 7) is 6.37. The maximum Gasteiger partial charge on any atom is 0.407 e. The molecular formula is C20H27N5O5. The number of amides is 1. The van der Waals surface area contributed by atoms with Gasteiger partial charge in [0.25, 0.3) is 5.56 Å². The van der Waals surface area contributed by atoms with Gasteiger partial charge in [-0.3, -0.25) is 9.36 Å². The Labute approximate surface area is 174 Å². The molecule has 1 fully saturated rings. The van der Waals surface area contributed by atoms with E-state index in [1.807, 2.05) is 19.9 Å². The summed E-state index contributed by atoms with van der Waals surface area (Å²) in [6, 6.07) is 3.20. The van der Waals surface area contributed by atoms with Crippen LogP contribution >= 0.6 is 0 Å². The van der Waals surface area contributed by atoms with Gasteiger partial charge in [-0.25, -0.2) is 14.8 Å². The summed E-state index contributed by atoms with van der Waals surface area (Å²) in [5.41, 5.74) is 2.03. The van der Waals surface area contributed by atoms with Crippen LogP contribution in [-0.4, -0.2) is 69.6 Å². The predicted molar refractivity (Wildman–Crippen MR) is 111 cm³/mol. The van der Waals surface area contributed by atoms with Gasteiger partial charge in [0.05, 0.1) is 37.2 Å². The second-order valence-corrected chi connectivity index (χ2v) is 7.18. The lowest BCUT2D eigenvalue weighted by atomic mass is 10.1. The number of pyridine rings is 1. The fourth-order valence-electron chi connectivity index (χ4n) is 3.64. The molecule has 0 radical (unpaired) electrons. The van der Waals surface area contributed by atoms with Crippen molar-refractivity contribution >= 4 is 11.8 Å². The number of aromatic nitrogens is 3. The fourth-order valence-corrected chi connectivity index (χ4v) is 3.64. The maximum atomic E-state index is 13.1. The number of likely N-dealkylation sites (tertiary alicyclic amines) is 1. The number of hydrogen-bond acceptors (Lipinski definition) is 7. The van der Waals surface area contributed by atoms with Crippen molar-refractivity contribution in [1.82, 2.24) is 19.4 Å². The summed E-state index contributed by atoms with van der Waals surface area (Å²) in [6.07, 6.45) is -1.35. The average molecular weight is 417 g/mol. The molecule has 10 heteroatoms. The van der Waals surface area contributed by atoms with Gasteiger partial charge in [0.15, 0.2) is 0 Å². The van der Waals surface area contributed by atoms with E-state index in [9.17, 15) is 14.7 Å².